The molecule has 112 valence electrons. The van der Waals surface area contributed by atoms with Crippen molar-refractivity contribution in [3.8, 4) is 0 Å². The Bertz CT molecular complexity index is 449. The molecule has 0 fully saturated rings. The van der Waals surface area contributed by atoms with Crippen LogP contribution in [0, 0.1) is 10.1 Å². The summed E-state index contributed by atoms with van der Waals surface area (Å²) in [5, 5.41) is 20.3. The van der Waals surface area contributed by atoms with Crippen LogP contribution in [0.5, 0.6) is 0 Å². The highest BCUT2D eigenvalue weighted by Gasteiger charge is 2.19. The summed E-state index contributed by atoms with van der Waals surface area (Å²) in [7, 11) is 3.96. The number of nitrogens with zero attached hydrogens (tertiary/aromatic N) is 3. The third-order valence-corrected chi connectivity index (χ3v) is 3.07. The molecule has 6 nitrogen and oxygen atoms in total. The molecule has 1 rings (SSSR count). The van der Waals surface area contributed by atoms with E-state index in [1.807, 2.05) is 19.0 Å². The van der Waals surface area contributed by atoms with Crippen molar-refractivity contribution in [2.75, 3.05) is 38.6 Å². The van der Waals surface area contributed by atoms with Crippen molar-refractivity contribution in [1.29, 1.82) is 0 Å². The van der Waals surface area contributed by atoms with Crippen molar-refractivity contribution >= 4 is 11.4 Å². The van der Waals surface area contributed by atoms with E-state index in [1.54, 1.807) is 12.1 Å². The lowest BCUT2D eigenvalue weighted by Crippen LogP contribution is -2.32. The first-order valence-electron chi connectivity index (χ1n) is 6.77. The summed E-state index contributed by atoms with van der Waals surface area (Å²) in [5.74, 6) is 0. The van der Waals surface area contributed by atoms with Crippen molar-refractivity contribution in [2.45, 2.75) is 20.0 Å². The summed E-state index contributed by atoms with van der Waals surface area (Å²) in [6.45, 7) is 4.20. The largest absolute Gasteiger partial charge is 0.392 e. The molecule has 0 aliphatic heterocycles. The van der Waals surface area contributed by atoms with E-state index in [0.29, 0.717) is 11.3 Å². The van der Waals surface area contributed by atoms with E-state index in [-0.39, 0.29) is 17.2 Å². The third kappa shape index (κ3) is 4.47. The first kappa shape index (κ1) is 16.4. The molecule has 1 N–H and O–H groups in total. The van der Waals surface area contributed by atoms with Crippen molar-refractivity contribution in [1.82, 2.24) is 4.90 Å². The molecule has 0 aromatic heterocycles. The Morgan fingerprint density at radius 2 is 1.95 bits per heavy atom. The lowest BCUT2D eigenvalue weighted by molar-refractivity contribution is -0.384. The topological polar surface area (TPSA) is 69.8 Å². The molecule has 1 aromatic rings. The van der Waals surface area contributed by atoms with Gasteiger partial charge in [-0.05, 0) is 32.1 Å². The first-order chi connectivity index (χ1) is 9.49. The Kier molecular flexibility index (Phi) is 6.41. The van der Waals surface area contributed by atoms with Crippen molar-refractivity contribution in [3.63, 3.8) is 0 Å². The summed E-state index contributed by atoms with van der Waals surface area (Å²) in [6, 6.07) is 4.92. The molecular weight excluding hydrogens is 258 g/mol. The number of hydrogen-bond acceptors (Lipinski definition) is 5. The van der Waals surface area contributed by atoms with Gasteiger partial charge in [-0.25, -0.2) is 0 Å². The normalized spacial score (nSPS) is 10.8. The summed E-state index contributed by atoms with van der Waals surface area (Å²) in [5.41, 5.74) is 1.24. The van der Waals surface area contributed by atoms with Gasteiger partial charge in [-0.3, -0.25) is 10.1 Å². The van der Waals surface area contributed by atoms with Gasteiger partial charge in [0.25, 0.3) is 5.69 Å². The number of nitro benzene ring substituents is 1. The van der Waals surface area contributed by atoms with Gasteiger partial charge in [0, 0.05) is 25.7 Å². The molecule has 0 saturated carbocycles. The number of aliphatic hydroxyl groups excluding tert-OH is 1. The fourth-order valence-corrected chi connectivity index (χ4v) is 2.02. The number of likely N-dealkylation sites (N-methyl/N-ethyl adjacent to an activating group) is 1. The average molecular weight is 281 g/mol. The third-order valence-electron chi connectivity index (χ3n) is 3.07. The lowest BCUT2D eigenvalue weighted by Gasteiger charge is -2.25. The summed E-state index contributed by atoms with van der Waals surface area (Å²) < 4.78 is 0. The Hall–Kier alpha value is -1.66. The van der Waals surface area contributed by atoms with Crippen LogP contribution < -0.4 is 4.90 Å². The second-order valence-corrected chi connectivity index (χ2v) is 5.03. The Morgan fingerprint density at radius 1 is 1.25 bits per heavy atom. The van der Waals surface area contributed by atoms with Gasteiger partial charge in [0.2, 0.25) is 0 Å². The maximum atomic E-state index is 11.2. The predicted octanol–water partition coefficient (Wildman–Crippen LogP) is 1.87. The molecule has 0 amide bonds. The van der Waals surface area contributed by atoms with Gasteiger partial charge in [0.15, 0.2) is 0 Å². The van der Waals surface area contributed by atoms with Crippen LogP contribution in [-0.4, -0.2) is 48.7 Å². The second kappa shape index (κ2) is 7.81. The van der Waals surface area contributed by atoms with Crippen LogP contribution in [0.2, 0.25) is 0 Å². The predicted molar refractivity (Wildman–Crippen MR) is 80.1 cm³/mol. The molecule has 0 unspecified atom stereocenters. The number of rotatable bonds is 8. The first-order valence-corrected chi connectivity index (χ1v) is 6.77. The van der Waals surface area contributed by atoms with E-state index in [0.717, 1.165) is 26.1 Å². The van der Waals surface area contributed by atoms with Gasteiger partial charge in [-0.1, -0.05) is 13.0 Å². The fraction of sp³-hybridized carbons (Fsp3) is 0.571. The van der Waals surface area contributed by atoms with Crippen LogP contribution in [0.25, 0.3) is 0 Å². The van der Waals surface area contributed by atoms with E-state index in [9.17, 15) is 10.1 Å². The number of hydrogen-bond donors (Lipinski definition) is 1. The quantitative estimate of drug-likeness (QED) is 0.582. The van der Waals surface area contributed by atoms with E-state index in [4.69, 9.17) is 5.11 Å². The molecular formula is C14H23N3O3. The smallest absolute Gasteiger partial charge is 0.292 e. The van der Waals surface area contributed by atoms with Crippen molar-refractivity contribution in [3.05, 3.63) is 33.9 Å². The maximum absolute atomic E-state index is 11.2. The van der Waals surface area contributed by atoms with Crippen LogP contribution in [0.4, 0.5) is 11.4 Å². The number of nitro groups is 1. The molecule has 0 saturated heterocycles. The molecule has 0 aliphatic carbocycles. The minimum atomic E-state index is -0.382. The molecule has 0 heterocycles. The second-order valence-electron chi connectivity index (χ2n) is 5.03. The van der Waals surface area contributed by atoms with E-state index >= 15 is 0 Å². The minimum absolute atomic E-state index is 0.0590. The van der Waals surface area contributed by atoms with E-state index < -0.39 is 0 Å². The van der Waals surface area contributed by atoms with Gasteiger partial charge in [-0.2, -0.15) is 0 Å². The van der Waals surface area contributed by atoms with Crippen molar-refractivity contribution in [2.24, 2.45) is 0 Å². The van der Waals surface area contributed by atoms with Gasteiger partial charge in [0.1, 0.15) is 5.69 Å². The van der Waals surface area contributed by atoms with Crippen LogP contribution in [0.1, 0.15) is 18.9 Å². The zero-order valence-electron chi connectivity index (χ0n) is 12.4. The lowest BCUT2D eigenvalue weighted by atomic mass is 10.1. The highest BCUT2D eigenvalue weighted by molar-refractivity contribution is 5.64. The SMILES string of the molecule is CCCN(CCN(C)C)c1ccc(CO)cc1[N+](=O)[O-]. The zero-order chi connectivity index (χ0) is 15.1. The monoisotopic (exact) mass is 281 g/mol. The fourth-order valence-electron chi connectivity index (χ4n) is 2.02. The van der Waals surface area contributed by atoms with Gasteiger partial charge < -0.3 is 14.9 Å². The number of anilines is 1. The van der Waals surface area contributed by atoms with E-state index in [1.165, 1.54) is 6.07 Å². The number of benzene rings is 1. The average Bonchev–Trinajstić information content (AvgIpc) is 2.42. The molecule has 20 heavy (non-hydrogen) atoms. The van der Waals surface area contributed by atoms with Gasteiger partial charge in [-0.15, -0.1) is 0 Å². The molecule has 1 aromatic carbocycles. The summed E-state index contributed by atoms with van der Waals surface area (Å²) in [4.78, 5) is 14.9. The van der Waals surface area contributed by atoms with Crippen molar-refractivity contribution < 1.29 is 10.0 Å². The molecule has 6 heteroatoms. The summed E-state index contributed by atoms with van der Waals surface area (Å²) >= 11 is 0. The van der Waals surface area contributed by atoms with Gasteiger partial charge in [0.05, 0.1) is 11.5 Å². The maximum Gasteiger partial charge on any atom is 0.292 e. The van der Waals surface area contributed by atoms with Crippen LogP contribution in [0.3, 0.4) is 0 Å². The van der Waals surface area contributed by atoms with Crippen LogP contribution >= 0.6 is 0 Å². The molecule has 0 aliphatic rings. The molecule has 0 radical (unpaired) electrons. The molecule has 0 atom stereocenters. The minimum Gasteiger partial charge on any atom is -0.392 e. The molecule has 0 spiro atoms. The number of aliphatic hydroxyl groups is 1. The highest BCUT2D eigenvalue weighted by Crippen LogP contribution is 2.29. The Balaban J connectivity index is 3.07. The van der Waals surface area contributed by atoms with Crippen LogP contribution in [0.15, 0.2) is 18.2 Å². The Labute approximate surface area is 119 Å². The van der Waals surface area contributed by atoms with Gasteiger partial charge >= 0.3 is 0 Å². The van der Waals surface area contributed by atoms with Crippen LogP contribution in [-0.2, 0) is 6.61 Å². The van der Waals surface area contributed by atoms with E-state index in [2.05, 4.69) is 11.8 Å². The summed E-state index contributed by atoms with van der Waals surface area (Å²) in [6.07, 6.45) is 0.923. The highest BCUT2D eigenvalue weighted by atomic mass is 16.6. The molecule has 0 bridgehead atoms. The Morgan fingerprint density at radius 3 is 2.45 bits per heavy atom. The zero-order valence-corrected chi connectivity index (χ0v) is 12.4. The standard InChI is InChI=1S/C14H23N3O3/c1-4-7-16(9-8-15(2)3)13-6-5-12(11-18)10-14(13)17(19)20/h5-6,10,18H,4,7-9,11H2,1-3H3.